The van der Waals surface area contributed by atoms with Gasteiger partial charge in [-0.25, -0.2) is 0 Å². The maximum atomic E-state index is 12.2. The van der Waals surface area contributed by atoms with E-state index in [2.05, 4.69) is 10.6 Å². The summed E-state index contributed by atoms with van der Waals surface area (Å²) in [6.45, 7) is 3.74. The number of nitrogens with one attached hydrogen (secondary N) is 2. The molecule has 2 amide bonds. The van der Waals surface area contributed by atoms with Crippen molar-refractivity contribution in [2.24, 2.45) is 0 Å². The summed E-state index contributed by atoms with van der Waals surface area (Å²) in [7, 11) is 0. The average molecular weight is 404 g/mol. The number of anilines is 2. The van der Waals surface area contributed by atoms with Crippen LogP contribution in [0.2, 0.25) is 0 Å². The number of hydrogen-bond acceptors (Lipinski definition) is 4. The molecule has 0 spiro atoms. The average Bonchev–Trinajstić information content (AvgIpc) is 2.71. The molecule has 3 aromatic rings. The minimum absolute atomic E-state index is 0.107. The van der Waals surface area contributed by atoms with Crippen molar-refractivity contribution in [1.29, 1.82) is 0 Å². The molecule has 0 aliphatic heterocycles. The van der Waals surface area contributed by atoms with Crippen molar-refractivity contribution in [3.8, 4) is 11.5 Å². The second kappa shape index (κ2) is 10.1. The van der Waals surface area contributed by atoms with Crippen molar-refractivity contribution in [1.82, 2.24) is 0 Å². The number of amides is 2. The summed E-state index contributed by atoms with van der Waals surface area (Å²) in [5.41, 5.74) is 3.27. The molecule has 0 fully saturated rings. The second-order valence-corrected chi connectivity index (χ2v) is 6.89. The third kappa shape index (κ3) is 6.67. The number of aryl methyl sites for hydroxylation is 2. The largest absolute Gasteiger partial charge is 0.484 e. The predicted octanol–water partition coefficient (Wildman–Crippen LogP) is 4.34. The SMILES string of the molecule is Cc1cc(C)cc(OCC(=O)Nc2cccc(NC(=O)COc3ccccc3)c2)c1. The highest BCUT2D eigenvalue weighted by Crippen LogP contribution is 2.17. The van der Waals surface area contributed by atoms with E-state index in [-0.39, 0.29) is 25.0 Å². The van der Waals surface area contributed by atoms with Crippen LogP contribution in [-0.2, 0) is 9.59 Å². The van der Waals surface area contributed by atoms with E-state index < -0.39 is 0 Å². The van der Waals surface area contributed by atoms with Crippen molar-refractivity contribution in [3.05, 3.63) is 83.9 Å². The first-order valence-corrected chi connectivity index (χ1v) is 9.57. The van der Waals surface area contributed by atoms with Crippen LogP contribution in [0.1, 0.15) is 11.1 Å². The number of rotatable bonds is 8. The van der Waals surface area contributed by atoms with E-state index in [1.807, 2.05) is 50.2 Å². The van der Waals surface area contributed by atoms with Crippen LogP contribution in [0.4, 0.5) is 11.4 Å². The van der Waals surface area contributed by atoms with Crippen molar-refractivity contribution in [2.75, 3.05) is 23.8 Å². The number of carbonyl (C=O) groups is 2. The lowest BCUT2D eigenvalue weighted by molar-refractivity contribution is -0.118. The van der Waals surface area contributed by atoms with E-state index in [1.165, 1.54) is 0 Å². The molecule has 0 aliphatic carbocycles. The predicted molar refractivity (Wildman–Crippen MR) is 117 cm³/mol. The van der Waals surface area contributed by atoms with Gasteiger partial charge in [0.15, 0.2) is 13.2 Å². The lowest BCUT2D eigenvalue weighted by Gasteiger charge is -2.11. The molecule has 0 unspecified atom stereocenters. The zero-order chi connectivity index (χ0) is 21.3. The fourth-order valence-electron chi connectivity index (χ4n) is 2.90. The van der Waals surface area contributed by atoms with E-state index in [9.17, 15) is 9.59 Å². The Morgan fingerprint density at radius 3 is 1.77 bits per heavy atom. The minimum atomic E-state index is -0.291. The summed E-state index contributed by atoms with van der Waals surface area (Å²) >= 11 is 0. The highest BCUT2D eigenvalue weighted by Gasteiger charge is 2.07. The van der Waals surface area contributed by atoms with Gasteiger partial charge in [-0.15, -0.1) is 0 Å². The molecule has 0 aliphatic rings. The molecule has 6 nitrogen and oxygen atoms in total. The third-order valence-electron chi connectivity index (χ3n) is 4.11. The molecule has 0 saturated carbocycles. The van der Waals surface area contributed by atoms with E-state index in [4.69, 9.17) is 9.47 Å². The first-order valence-electron chi connectivity index (χ1n) is 9.57. The quantitative estimate of drug-likeness (QED) is 0.586. The van der Waals surface area contributed by atoms with Crippen LogP contribution in [0.25, 0.3) is 0 Å². The Labute approximate surface area is 175 Å². The van der Waals surface area contributed by atoms with Crippen LogP contribution in [0, 0.1) is 13.8 Å². The number of benzene rings is 3. The smallest absolute Gasteiger partial charge is 0.262 e. The van der Waals surface area contributed by atoms with E-state index in [0.717, 1.165) is 11.1 Å². The summed E-state index contributed by atoms with van der Waals surface area (Å²) in [6, 6.07) is 21.8. The summed E-state index contributed by atoms with van der Waals surface area (Å²) in [5.74, 6) is 0.699. The van der Waals surface area contributed by atoms with Crippen LogP contribution in [0.15, 0.2) is 72.8 Å². The fourth-order valence-corrected chi connectivity index (χ4v) is 2.90. The third-order valence-corrected chi connectivity index (χ3v) is 4.11. The molecule has 0 radical (unpaired) electrons. The normalized spacial score (nSPS) is 10.2. The molecule has 6 heteroatoms. The van der Waals surface area contributed by atoms with E-state index >= 15 is 0 Å². The summed E-state index contributed by atoms with van der Waals surface area (Å²) in [6.07, 6.45) is 0. The first-order chi connectivity index (χ1) is 14.5. The van der Waals surface area contributed by atoms with Crippen LogP contribution in [0.5, 0.6) is 11.5 Å². The lowest BCUT2D eigenvalue weighted by Crippen LogP contribution is -2.21. The van der Waals surface area contributed by atoms with Gasteiger partial charge in [-0.2, -0.15) is 0 Å². The number of ether oxygens (including phenoxy) is 2. The van der Waals surface area contributed by atoms with Gasteiger partial charge in [0.05, 0.1) is 0 Å². The maximum Gasteiger partial charge on any atom is 0.262 e. The van der Waals surface area contributed by atoms with E-state index in [1.54, 1.807) is 36.4 Å². The summed E-state index contributed by atoms with van der Waals surface area (Å²) < 4.78 is 11.0. The topological polar surface area (TPSA) is 76.7 Å². The molecule has 0 aromatic heterocycles. The number of hydrogen-bond donors (Lipinski definition) is 2. The summed E-state index contributed by atoms with van der Waals surface area (Å²) in [4.78, 5) is 24.3. The molecular weight excluding hydrogens is 380 g/mol. The molecule has 154 valence electrons. The van der Waals surface area contributed by atoms with Gasteiger partial charge in [0.1, 0.15) is 11.5 Å². The molecule has 0 heterocycles. The zero-order valence-electron chi connectivity index (χ0n) is 17.0. The van der Waals surface area contributed by atoms with Crippen molar-refractivity contribution < 1.29 is 19.1 Å². The highest BCUT2D eigenvalue weighted by molar-refractivity contribution is 5.95. The molecule has 30 heavy (non-hydrogen) atoms. The monoisotopic (exact) mass is 404 g/mol. The van der Waals surface area contributed by atoms with Crippen molar-refractivity contribution >= 4 is 23.2 Å². The zero-order valence-corrected chi connectivity index (χ0v) is 17.0. The van der Waals surface area contributed by atoms with Gasteiger partial charge in [0.2, 0.25) is 0 Å². The molecule has 0 bridgehead atoms. The van der Waals surface area contributed by atoms with Gasteiger partial charge in [0, 0.05) is 11.4 Å². The van der Waals surface area contributed by atoms with Crippen molar-refractivity contribution in [3.63, 3.8) is 0 Å². The van der Waals surface area contributed by atoms with Gasteiger partial charge in [-0.3, -0.25) is 9.59 Å². The van der Waals surface area contributed by atoms with Gasteiger partial charge in [-0.05, 0) is 67.4 Å². The standard InChI is InChI=1S/C24H24N2O4/c1-17-11-18(2)13-22(12-17)30-16-24(28)26-20-8-6-7-19(14-20)25-23(27)15-29-21-9-4-3-5-10-21/h3-14H,15-16H2,1-2H3,(H,25,27)(H,26,28). The number of para-hydroxylation sites is 1. The Bertz CT molecular complexity index is 998. The molecule has 2 N–H and O–H groups in total. The van der Waals surface area contributed by atoms with Crippen molar-refractivity contribution in [2.45, 2.75) is 13.8 Å². The lowest BCUT2D eigenvalue weighted by atomic mass is 10.1. The molecule has 0 atom stereocenters. The van der Waals surface area contributed by atoms with Crippen LogP contribution < -0.4 is 20.1 Å². The van der Waals surface area contributed by atoms with Crippen LogP contribution in [0.3, 0.4) is 0 Å². The Kier molecular flexibility index (Phi) is 7.05. The van der Waals surface area contributed by atoms with Crippen LogP contribution in [-0.4, -0.2) is 25.0 Å². The Balaban J connectivity index is 1.49. The second-order valence-electron chi connectivity index (χ2n) is 6.89. The molecule has 3 rings (SSSR count). The van der Waals surface area contributed by atoms with Crippen LogP contribution >= 0.6 is 0 Å². The number of carbonyl (C=O) groups excluding carboxylic acids is 2. The van der Waals surface area contributed by atoms with Gasteiger partial charge >= 0.3 is 0 Å². The van der Waals surface area contributed by atoms with Gasteiger partial charge in [-0.1, -0.05) is 30.3 Å². The summed E-state index contributed by atoms with van der Waals surface area (Å²) in [5, 5.41) is 5.52. The van der Waals surface area contributed by atoms with Gasteiger partial charge < -0.3 is 20.1 Å². The Morgan fingerprint density at radius 2 is 1.20 bits per heavy atom. The van der Waals surface area contributed by atoms with E-state index in [0.29, 0.717) is 22.9 Å². The molecule has 0 saturated heterocycles. The maximum absolute atomic E-state index is 12.2. The first kappa shape index (κ1) is 20.9. The Morgan fingerprint density at radius 1 is 0.667 bits per heavy atom. The Hall–Kier alpha value is -3.80. The fraction of sp³-hybridized carbons (Fsp3) is 0.167. The minimum Gasteiger partial charge on any atom is -0.484 e. The van der Waals surface area contributed by atoms with Gasteiger partial charge in [0.25, 0.3) is 11.8 Å². The highest BCUT2D eigenvalue weighted by atomic mass is 16.5. The molecular formula is C24H24N2O4. The molecule has 3 aromatic carbocycles.